The van der Waals surface area contributed by atoms with Gasteiger partial charge < -0.3 is 5.32 Å². The van der Waals surface area contributed by atoms with Crippen LogP contribution in [0.3, 0.4) is 0 Å². The molecular formula is C20H25N3O. The number of rotatable bonds is 3. The molecule has 1 saturated carbocycles. The second kappa shape index (κ2) is 7.56. The van der Waals surface area contributed by atoms with Gasteiger partial charge in [-0.1, -0.05) is 55.5 Å². The number of benzene rings is 1. The molecule has 1 N–H and O–H groups in total. The SMILES string of the molecule is Cc1ccc(-c2ncc(C(=O)NC3CCCCCC3)c(C)n2)cc1. The van der Waals surface area contributed by atoms with Crippen LogP contribution in [0.2, 0.25) is 0 Å². The van der Waals surface area contributed by atoms with E-state index in [1.54, 1.807) is 6.20 Å². The maximum absolute atomic E-state index is 12.5. The Morgan fingerprint density at radius 2 is 1.71 bits per heavy atom. The molecule has 0 aliphatic heterocycles. The smallest absolute Gasteiger partial charge is 0.254 e. The van der Waals surface area contributed by atoms with Gasteiger partial charge in [0.05, 0.1) is 11.3 Å². The van der Waals surface area contributed by atoms with Crippen LogP contribution in [0.25, 0.3) is 11.4 Å². The molecule has 2 aromatic rings. The Bertz CT molecular complexity index is 701. The zero-order valence-electron chi connectivity index (χ0n) is 14.5. The minimum atomic E-state index is -0.0464. The summed E-state index contributed by atoms with van der Waals surface area (Å²) in [6.45, 7) is 3.93. The van der Waals surface area contributed by atoms with Crippen molar-refractivity contribution in [1.82, 2.24) is 15.3 Å². The van der Waals surface area contributed by atoms with Crippen LogP contribution in [-0.2, 0) is 0 Å². The van der Waals surface area contributed by atoms with Crippen molar-refractivity contribution in [2.24, 2.45) is 0 Å². The van der Waals surface area contributed by atoms with E-state index in [2.05, 4.69) is 22.2 Å². The van der Waals surface area contributed by atoms with Crippen LogP contribution in [0.4, 0.5) is 0 Å². The number of carbonyl (C=O) groups excluding carboxylic acids is 1. The zero-order valence-corrected chi connectivity index (χ0v) is 14.5. The highest BCUT2D eigenvalue weighted by Crippen LogP contribution is 2.19. The minimum absolute atomic E-state index is 0.0464. The van der Waals surface area contributed by atoms with E-state index in [0.29, 0.717) is 11.4 Å². The number of aryl methyl sites for hydroxylation is 2. The van der Waals surface area contributed by atoms with Crippen LogP contribution in [0, 0.1) is 13.8 Å². The monoisotopic (exact) mass is 323 g/mol. The van der Waals surface area contributed by atoms with Crippen molar-refractivity contribution in [1.29, 1.82) is 0 Å². The van der Waals surface area contributed by atoms with E-state index in [1.165, 1.54) is 31.2 Å². The van der Waals surface area contributed by atoms with Gasteiger partial charge in [0.2, 0.25) is 0 Å². The molecule has 24 heavy (non-hydrogen) atoms. The normalized spacial score (nSPS) is 15.8. The lowest BCUT2D eigenvalue weighted by atomic mass is 10.1. The van der Waals surface area contributed by atoms with Gasteiger partial charge in [-0.05, 0) is 26.7 Å². The molecule has 126 valence electrons. The molecule has 1 aliphatic carbocycles. The highest BCUT2D eigenvalue weighted by molar-refractivity contribution is 5.95. The number of nitrogens with zero attached hydrogens (tertiary/aromatic N) is 2. The number of aromatic nitrogens is 2. The predicted octanol–water partition coefficient (Wildman–Crippen LogP) is 4.21. The molecule has 0 saturated heterocycles. The van der Waals surface area contributed by atoms with E-state index in [0.717, 1.165) is 24.1 Å². The standard InChI is InChI=1S/C20H25N3O/c1-14-9-11-16(12-10-14)19-21-13-18(15(2)22-19)20(24)23-17-7-5-3-4-6-8-17/h9-13,17H,3-8H2,1-2H3,(H,23,24). The quantitative estimate of drug-likeness (QED) is 0.861. The van der Waals surface area contributed by atoms with Crippen molar-refractivity contribution in [2.75, 3.05) is 0 Å². The number of hydrogen-bond acceptors (Lipinski definition) is 3. The lowest BCUT2D eigenvalue weighted by Gasteiger charge is -2.16. The molecule has 0 spiro atoms. The predicted molar refractivity (Wildman–Crippen MR) is 95.9 cm³/mol. The van der Waals surface area contributed by atoms with E-state index in [1.807, 2.05) is 31.2 Å². The Hall–Kier alpha value is -2.23. The summed E-state index contributed by atoms with van der Waals surface area (Å²) >= 11 is 0. The molecule has 1 fully saturated rings. The van der Waals surface area contributed by atoms with E-state index >= 15 is 0 Å². The van der Waals surface area contributed by atoms with E-state index in [-0.39, 0.29) is 11.9 Å². The molecule has 1 aromatic heterocycles. The highest BCUT2D eigenvalue weighted by Gasteiger charge is 2.18. The van der Waals surface area contributed by atoms with Gasteiger partial charge in [0.25, 0.3) is 5.91 Å². The summed E-state index contributed by atoms with van der Waals surface area (Å²) < 4.78 is 0. The van der Waals surface area contributed by atoms with Crippen LogP contribution in [-0.4, -0.2) is 21.9 Å². The number of carbonyl (C=O) groups is 1. The average molecular weight is 323 g/mol. The first-order valence-corrected chi connectivity index (χ1v) is 8.85. The summed E-state index contributed by atoms with van der Waals surface area (Å²) in [6, 6.07) is 8.39. The molecule has 4 nitrogen and oxygen atoms in total. The molecule has 0 radical (unpaired) electrons. The number of amides is 1. The summed E-state index contributed by atoms with van der Waals surface area (Å²) in [4.78, 5) is 21.5. The molecule has 0 bridgehead atoms. The molecule has 3 rings (SSSR count). The van der Waals surface area contributed by atoms with Gasteiger partial charge in [0.15, 0.2) is 5.82 Å². The van der Waals surface area contributed by atoms with Gasteiger partial charge in [-0.15, -0.1) is 0 Å². The fourth-order valence-corrected chi connectivity index (χ4v) is 3.22. The molecule has 1 heterocycles. The molecular weight excluding hydrogens is 298 g/mol. The minimum Gasteiger partial charge on any atom is -0.349 e. The van der Waals surface area contributed by atoms with Crippen LogP contribution >= 0.6 is 0 Å². The fourth-order valence-electron chi connectivity index (χ4n) is 3.22. The Morgan fingerprint density at radius 3 is 2.33 bits per heavy atom. The first-order chi connectivity index (χ1) is 11.6. The third-order valence-corrected chi connectivity index (χ3v) is 4.72. The zero-order chi connectivity index (χ0) is 16.9. The molecule has 1 aromatic carbocycles. The molecule has 1 aliphatic rings. The third kappa shape index (κ3) is 3.99. The van der Waals surface area contributed by atoms with Crippen LogP contribution in [0.1, 0.15) is 60.1 Å². The summed E-state index contributed by atoms with van der Waals surface area (Å²) in [5.74, 6) is 0.619. The molecule has 0 atom stereocenters. The Morgan fingerprint density at radius 1 is 1.04 bits per heavy atom. The van der Waals surface area contributed by atoms with Crippen molar-refractivity contribution < 1.29 is 4.79 Å². The van der Waals surface area contributed by atoms with Crippen molar-refractivity contribution in [3.63, 3.8) is 0 Å². The van der Waals surface area contributed by atoms with Crippen molar-refractivity contribution in [2.45, 2.75) is 58.4 Å². The highest BCUT2D eigenvalue weighted by atomic mass is 16.1. The first-order valence-electron chi connectivity index (χ1n) is 8.85. The van der Waals surface area contributed by atoms with Crippen molar-refractivity contribution >= 4 is 5.91 Å². The average Bonchev–Trinajstić information content (AvgIpc) is 2.84. The number of hydrogen-bond donors (Lipinski definition) is 1. The number of nitrogens with one attached hydrogen (secondary N) is 1. The topological polar surface area (TPSA) is 54.9 Å². The van der Waals surface area contributed by atoms with Gasteiger partial charge in [0, 0.05) is 17.8 Å². The van der Waals surface area contributed by atoms with Crippen LogP contribution < -0.4 is 5.32 Å². The fraction of sp³-hybridized carbons (Fsp3) is 0.450. The van der Waals surface area contributed by atoms with Gasteiger partial charge in [-0.3, -0.25) is 4.79 Å². The van der Waals surface area contributed by atoms with Gasteiger partial charge in [-0.2, -0.15) is 0 Å². The Balaban J connectivity index is 1.74. The summed E-state index contributed by atoms with van der Waals surface area (Å²) in [7, 11) is 0. The van der Waals surface area contributed by atoms with Crippen LogP contribution in [0.5, 0.6) is 0 Å². The summed E-state index contributed by atoms with van der Waals surface area (Å²) in [5, 5.41) is 3.16. The second-order valence-corrected chi connectivity index (χ2v) is 6.72. The van der Waals surface area contributed by atoms with Gasteiger partial charge in [-0.25, -0.2) is 9.97 Å². The Kier molecular flexibility index (Phi) is 5.24. The van der Waals surface area contributed by atoms with E-state index in [9.17, 15) is 4.79 Å². The van der Waals surface area contributed by atoms with E-state index < -0.39 is 0 Å². The maximum Gasteiger partial charge on any atom is 0.254 e. The summed E-state index contributed by atoms with van der Waals surface area (Å²) in [6.07, 6.45) is 8.77. The lowest BCUT2D eigenvalue weighted by Crippen LogP contribution is -2.35. The van der Waals surface area contributed by atoms with E-state index in [4.69, 9.17) is 0 Å². The van der Waals surface area contributed by atoms with Gasteiger partial charge in [0.1, 0.15) is 0 Å². The van der Waals surface area contributed by atoms with Crippen molar-refractivity contribution in [3.05, 3.63) is 47.3 Å². The maximum atomic E-state index is 12.5. The lowest BCUT2D eigenvalue weighted by molar-refractivity contribution is 0.0932. The largest absolute Gasteiger partial charge is 0.349 e. The second-order valence-electron chi connectivity index (χ2n) is 6.72. The van der Waals surface area contributed by atoms with Gasteiger partial charge >= 0.3 is 0 Å². The third-order valence-electron chi connectivity index (χ3n) is 4.72. The molecule has 0 unspecified atom stereocenters. The van der Waals surface area contributed by atoms with Crippen molar-refractivity contribution in [3.8, 4) is 11.4 Å². The molecule has 4 heteroatoms. The summed E-state index contributed by atoms with van der Waals surface area (Å²) in [5.41, 5.74) is 3.48. The molecule has 1 amide bonds. The Labute approximate surface area is 143 Å². The van der Waals surface area contributed by atoms with Crippen LogP contribution in [0.15, 0.2) is 30.5 Å². The first kappa shape index (κ1) is 16.6.